The van der Waals surface area contributed by atoms with Crippen molar-refractivity contribution in [2.45, 2.75) is 38.5 Å². The average molecular weight is 279 g/mol. The van der Waals surface area contributed by atoms with Gasteiger partial charge in [-0.25, -0.2) is 4.79 Å². The highest BCUT2D eigenvalue weighted by atomic mass is 16.5. The monoisotopic (exact) mass is 279 g/mol. The maximum atomic E-state index is 11.5. The summed E-state index contributed by atoms with van der Waals surface area (Å²) in [7, 11) is 1.41. The van der Waals surface area contributed by atoms with Crippen LogP contribution in [0.3, 0.4) is 0 Å². The molecule has 112 valence electrons. The van der Waals surface area contributed by atoms with E-state index >= 15 is 0 Å². The van der Waals surface area contributed by atoms with E-state index in [-0.39, 0.29) is 5.97 Å². The second-order valence-electron chi connectivity index (χ2n) is 5.45. The zero-order valence-corrected chi connectivity index (χ0v) is 12.4. The van der Waals surface area contributed by atoms with Gasteiger partial charge in [0.1, 0.15) is 0 Å². The van der Waals surface area contributed by atoms with Crippen LogP contribution < -0.4 is 0 Å². The van der Waals surface area contributed by atoms with Crippen molar-refractivity contribution in [2.75, 3.05) is 33.4 Å². The van der Waals surface area contributed by atoms with E-state index in [1.165, 1.54) is 44.8 Å². The fourth-order valence-corrected chi connectivity index (χ4v) is 2.75. The van der Waals surface area contributed by atoms with Gasteiger partial charge in [-0.3, -0.25) is 0 Å². The normalized spacial score (nSPS) is 19.9. The van der Waals surface area contributed by atoms with Gasteiger partial charge in [0.25, 0.3) is 0 Å². The molecular formula is C16H25NO3. The van der Waals surface area contributed by atoms with E-state index < -0.39 is 0 Å². The summed E-state index contributed by atoms with van der Waals surface area (Å²) in [6.07, 6.45) is 11.1. The molecule has 1 saturated heterocycles. The maximum Gasteiger partial charge on any atom is 0.332 e. The largest absolute Gasteiger partial charge is 0.466 e. The quantitative estimate of drug-likeness (QED) is 0.426. The molecule has 4 heteroatoms. The Labute approximate surface area is 121 Å². The van der Waals surface area contributed by atoms with E-state index in [9.17, 15) is 4.79 Å². The van der Waals surface area contributed by atoms with Crippen LogP contribution in [0.4, 0.5) is 0 Å². The predicted octanol–water partition coefficient (Wildman–Crippen LogP) is 2.66. The van der Waals surface area contributed by atoms with E-state index in [0.717, 1.165) is 25.2 Å². The van der Waals surface area contributed by atoms with Gasteiger partial charge in [0.05, 0.1) is 20.3 Å². The molecule has 0 aromatic heterocycles. The van der Waals surface area contributed by atoms with Crippen molar-refractivity contribution in [2.24, 2.45) is 0 Å². The molecule has 2 rings (SSSR count). The van der Waals surface area contributed by atoms with Crippen molar-refractivity contribution in [3.8, 4) is 0 Å². The van der Waals surface area contributed by atoms with Crippen molar-refractivity contribution in [3.63, 3.8) is 0 Å². The summed E-state index contributed by atoms with van der Waals surface area (Å²) in [5.74, 6) is -0.299. The highest BCUT2D eigenvalue weighted by Crippen LogP contribution is 2.19. The van der Waals surface area contributed by atoms with E-state index in [1.807, 2.05) is 0 Å². The van der Waals surface area contributed by atoms with Crippen molar-refractivity contribution in [1.29, 1.82) is 0 Å². The third kappa shape index (κ3) is 4.67. The van der Waals surface area contributed by atoms with Gasteiger partial charge in [-0.1, -0.05) is 6.08 Å². The molecule has 0 aromatic carbocycles. The number of nitrogens with zero attached hydrogens (tertiary/aromatic N) is 1. The molecule has 0 unspecified atom stereocenters. The second-order valence-corrected chi connectivity index (χ2v) is 5.45. The number of rotatable bonds is 6. The van der Waals surface area contributed by atoms with Gasteiger partial charge in [-0.05, 0) is 44.1 Å². The Hall–Kier alpha value is -1.29. The number of allylic oxidation sites excluding steroid dienone is 1. The molecule has 1 aliphatic carbocycles. The Morgan fingerprint density at radius 2 is 2.10 bits per heavy atom. The number of esters is 1. The Morgan fingerprint density at radius 3 is 2.75 bits per heavy atom. The third-order valence-electron chi connectivity index (χ3n) is 3.92. The Bertz CT molecular complexity index is 381. The van der Waals surface area contributed by atoms with Crippen molar-refractivity contribution in [1.82, 2.24) is 4.90 Å². The molecule has 0 atom stereocenters. The number of hydrogen-bond donors (Lipinski definition) is 0. The summed E-state index contributed by atoms with van der Waals surface area (Å²) in [6, 6.07) is 0. The Balaban J connectivity index is 1.85. The summed E-state index contributed by atoms with van der Waals surface area (Å²) < 4.78 is 10.5. The van der Waals surface area contributed by atoms with Crippen LogP contribution >= 0.6 is 0 Å². The summed E-state index contributed by atoms with van der Waals surface area (Å²) in [5, 5.41) is 0. The van der Waals surface area contributed by atoms with Crippen LogP contribution in [0.25, 0.3) is 0 Å². The number of hydrogen-bond acceptors (Lipinski definition) is 4. The standard InChI is InChI=1S/C16H25NO3/c1-19-16(18)11-15(17-9-5-6-10-17)13-20-12-14-7-3-2-4-8-14/h7,11H,2-6,8-10,12-13H2,1H3/b15-11+. The van der Waals surface area contributed by atoms with Crippen molar-refractivity contribution in [3.05, 3.63) is 23.4 Å². The van der Waals surface area contributed by atoms with Gasteiger partial charge in [-0.15, -0.1) is 0 Å². The smallest absolute Gasteiger partial charge is 0.332 e. The number of carbonyl (C=O) groups excluding carboxylic acids is 1. The van der Waals surface area contributed by atoms with Gasteiger partial charge in [0, 0.05) is 24.9 Å². The maximum absolute atomic E-state index is 11.5. The SMILES string of the molecule is COC(=O)/C=C(\COCC1=CCCCC1)N1CCCC1. The molecule has 2 aliphatic rings. The molecule has 0 N–H and O–H groups in total. The fourth-order valence-electron chi connectivity index (χ4n) is 2.75. The molecule has 0 bridgehead atoms. The zero-order valence-electron chi connectivity index (χ0n) is 12.4. The van der Waals surface area contributed by atoms with Crippen LogP contribution in [0.5, 0.6) is 0 Å². The van der Waals surface area contributed by atoms with Crippen LogP contribution in [0.2, 0.25) is 0 Å². The van der Waals surface area contributed by atoms with Crippen LogP contribution in [-0.2, 0) is 14.3 Å². The van der Waals surface area contributed by atoms with E-state index in [0.29, 0.717) is 13.2 Å². The van der Waals surface area contributed by atoms with E-state index in [2.05, 4.69) is 11.0 Å². The fraction of sp³-hybridized carbons (Fsp3) is 0.688. The minimum atomic E-state index is -0.299. The van der Waals surface area contributed by atoms with Crippen LogP contribution in [-0.4, -0.2) is 44.3 Å². The molecule has 0 amide bonds. The molecule has 1 fully saturated rings. The van der Waals surface area contributed by atoms with Crippen molar-refractivity contribution >= 4 is 5.97 Å². The predicted molar refractivity (Wildman–Crippen MR) is 78.3 cm³/mol. The third-order valence-corrected chi connectivity index (χ3v) is 3.92. The zero-order chi connectivity index (χ0) is 14.2. The van der Waals surface area contributed by atoms with Gasteiger partial charge >= 0.3 is 5.97 Å². The first-order chi connectivity index (χ1) is 9.79. The molecule has 1 aliphatic heterocycles. The van der Waals surface area contributed by atoms with Crippen LogP contribution in [0.15, 0.2) is 23.4 Å². The highest BCUT2D eigenvalue weighted by Gasteiger charge is 2.16. The van der Waals surface area contributed by atoms with Crippen LogP contribution in [0.1, 0.15) is 38.5 Å². The average Bonchev–Trinajstić information content (AvgIpc) is 3.01. The number of methoxy groups -OCH3 is 1. The lowest BCUT2D eigenvalue weighted by molar-refractivity contribution is -0.135. The van der Waals surface area contributed by atoms with E-state index in [1.54, 1.807) is 6.08 Å². The first-order valence-corrected chi connectivity index (χ1v) is 7.58. The molecule has 4 nitrogen and oxygen atoms in total. The Kier molecular flexibility index (Phi) is 6.12. The first-order valence-electron chi connectivity index (χ1n) is 7.58. The number of ether oxygens (including phenoxy) is 2. The second kappa shape index (κ2) is 8.10. The lowest BCUT2D eigenvalue weighted by Crippen LogP contribution is -2.23. The molecule has 20 heavy (non-hydrogen) atoms. The molecule has 0 spiro atoms. The lowest BCUT2D eigenvalue weighted by Gasteiger charge is -2.22. The molecular weight excluding hydrogens is 254 g/mol. The van der Waals surface area contributed by atoms with Gasteiger partial charge in [0.15, 0.2) is 0 Å². The molecule has 0 aromatic rings. The molecule has 0 radical (unpaired) electrons. The van der Waals surface area contributed by atoms with Gasteiger partial charge < -0.3 is 14.4 Å². The number of carbonyl (C=O) groups is 1. The molecule has 0 saturated carbocycles. The minimum Gasteiger partial charge on any atom is -0.466 e. The number of likely N-dealkylation sites (tertiary alicyclic amines) is 1. The van der Waals surface area contributed by atoms with Gasteiger partial charge in [-0.2, -0.15) is 0 Å². The minimum absolute atomic E-state index is 0.299. The highest BCUT2D eigenvalue weighted by molar-refractivity contribution is 5.82. The topological polar surface area (TPSA) is 38.8 Å². The van der Waals surface area contributed by atoms with Crippen molar-refractivity contribution < 1.29 is 14.3 Å². The summed E-state index contributed by atoms with van der Waals surface area (Å²) in [4.78, 5) is 13.7. The summed E-state index contributed by atoms with van der Waals surface area (Å²) in [5.41, 5.74) is 2.35. The van der Waals surface area contributed by atoms with E-state index in [4.69, 9.17) is 9.47 Å². The van der Waals surface area contributed by atoms with Crippen LogP contribution in [0, 0.1) is 0 Å². The first kappa shape index (κ1) is 15.1. The molecule has 1 heterocycles. The summed E-state index contributed by atoms with van der Waals surface area (Å²) >= 11 is 0. The van der Waals surface area contributed by atoms with Gasteiger partial charge in [0.2, 0.25) is 0 Å². The summed E-state index contributed by atoms with van der Waals surface area (Å²) in [6.45, 7) is 3.20. The Morgan fingerprint density at radius 1 is 1.30 bits per heavy atom. The lowest BCUT2D eigenvalue weighted by atomic mass is 10.0.